The number of aromatic nitrogens is 4. The van der Waals surface area contributed by atoms with Gasteiger partial charge in [-0.15, -0.1) is 0 Å². The number of hydrogen-bond acceptors (Lipinski definition) is 10. The molecule has 2 aliphatic heterocycles. The summed E-state index contributed by atoms with van der Waals surface area (Å²) in [6.07, 6.45) is 6.54. The smallest absolute Gasteiger partial charge is 0.233 e. The van der Waals surface area contributed by atoms with Crippen molar-refractivity contribution >= 4 is 40.6 Å². The van der Waals surface area contributed by atoms with E-state index in [0.29, 0.717) is 30.9 Å². The number of nitrogens with zero attached hydrogens (tertiary/aromatic N) is 7. The molecule has 2 aromatic carbocycles. The van der Waals surface area contributed by atoms with Gasteiger partial charge in [0.2, 0.25) is 12.3 Å². The van der Waals surface area contributed by atoms with E-state index in [1.807, 2.05) is 26.2 Å². The molecule has 2 amide bonds. The molecule has 2 aliphatic rings. The molecule has 1 saturated heterocycles. The number of benzene rings is 2. The van der Waals surface area contributed by atoms with Crippen molar-refractivity contribution in [2.45, 2.75) is 79.7 Å². The molecule has 1 fully saturated rings. The zero-order chi connectivity index (χ0) is 42.6. The molecule has 5 aromatic rings. The maximum atomic E-state index is 12.5. The lowest BCUT2D eigenvalue weighted by atomic mass is 9.90. The molecular formula is C48H58N10O2. The number of amidine groups is 1. The normalized spacial score (nSPS) is 15.7. The van der Waals surface area contributed by atoms with Crippen LogP contribution in [0.15, 0.2) is 89.3 Å². The number of H-pyrrole nitrogens is 1. The van der Waals surface area contributed by atoms with E-state index in [2.05, 4.69) is 131 Å². The Morgan fingerprint density at radius 1 is 0.933 bits per heavy atom. The van der Waals surface area contributed by atoms with Gasteiger partial charge in [0.1, 0.15) is 0 Å². The summed E-state index contributed by atoms with van der Waals surface area (Å²) in [5.41, 5.74) is 13.1. The molecule has 1 unspecified atom stereocenters. The van der Waals surface area contributed by atoms with Gasteiger partial charge in [0.25, 0.3) is 0 Å². The fraction of sp³-hybridized carbons (Fsp3) is 0.396. The first-order chi connectivity index (χ1) is 28.8. The third-order valence-corrected chi connectivity index (χ3v) is 11.9. The summed E-state index contributed by atoms with van der Waals surface area (Å²) in [6.45, 7) is 24.5. The van der Waals surface area contributed by atoms with Gasteiger partial charge in [-0.3, -0.25) is 34.9 Å². The Kier molecular flexibility index (Phi) is 12.7. The number of aromatic amines is 1. The number of carbonyl (C=O) groups is 2. The maximum Gasteiger partial charge on any atom is 0.233 e. The molecule has 312 valence electrons. The van der Waals surface area contributed by atoms with Crippen molar-refractivity contribution in [3.63, 3.8) is 0 Å². The average Bonchev–Trinajstić information content (AvgIpc) is 3.91. The molecule has 3 N–H and O–H groups in total. The summed E-state index contributed by atoms with van der Waals surface area (Å²) >= 11 is 0. The van der Waals surface area contributed by atoms with E-state index in [0.717, 1.165) is 107 Å². The SMILES string of the molecule is C=C(N[C@H](C)c1ccc(-c2[nH]nc3ncc(-c4ccc(N5CCN(CCc6cc(C)c(C(CCC)C(=O)NC=O)cn6)CC5)cc4)cc23)cc1C)C1=NCC(C(C)(C)C)=N1. The second-order valence-electron chi connectivity index (χ2n) is 17.2. The van der Waals surface area contributed by atoms with Crippen LogP contribution in [0.1, 0.15) is 87.4 Å². The zero-order valence-corrected chi connectivity index (χ0v) is 36.1. The quantitative estimate of drug-likeness (QED) is 0.0907. The van der Waals surface area contributed by atoms with Gasteiger partial charge in [-0.05, 0) is 85.3 Å². The first-order valence-corrected chi connectivity index (χ1v) is 21.1. The molecule has 3 aromatic heterocycles. The van der Waals surface area contributed by atoms with Crippen LogP contribution in [0.5, 0.6) is 0 Å². The molecule has 0 spiro atoms. The predicted molar refractivity (Wildman–Crippen MR) is 243 cm³/mol. The number of rotatable bonds is 15. The van der Waals surface area contributed by atoms with Gasteiger partial charge in [0.15, 0.2) is 11.5 Å². The zero-order valence-electron chi connectivity index (χ0n) is 36.1. The number of anilines is 1. The largest absolute Gasteiger partial charge is 0.376 e. The number of fused-ring (bicyclic) bond motifs is 1. The first kappa shape index (κ1) is 42.1. The Hall–Kier alpha value is -6.01. The number of carbonyl (C=O) groups excluding carboxylic acids is 2. The highest BCUT2D eigenvalue weighted by molar-refractivity contribution is 6.12. The van der Waals surface area contributed by atoms with Crippen LogP contribution in [0.3, 0.4) is 0 Å². The van der Waals surface area contributed by atoms with E-state index >= 15 is 0 Å². The van der Waals surface area contributed by atoms with Crippen LogP contribution in [0, 0.1) is 19.3 Å². The third-order valence-electron chi connectivity index (χ3n) is 11.9. The van der Waals surface area contributed by atoms with E-state index in [1.165, 1.54) is 11.3 Å². The van der Waals surface area contributed by atoms with Crippen LogP contribution in [-0.4, -0.2) is 88.2 Å². The molecule has 0 aliphatic carbocycles. The van der Waals surface area contributed by atoms with Crippen LogP contribution < -0.4 is 15.5 Å². The molecule has 2 atom stereocenters. The highest BCUT2D eigenvalue weighted by Gasteiger charge is 2.25. The molecule has 0 saturated carbocycles. The number of imide groups is 1. The highest BCUT2D eigenvalue weighted by atomic mass is 16.2. The summed E-state index contributed by atoms with van der Waals surface area (Å²) in [5.74, 6) is 0.0519. The van der Waals surface area contributed by atoms with Gasteiger partial charge in [-0.2, -0.15) is 5.10 Å². The van der Waals surface area contributed by atoms with Crippen molar-refractivity contribution in [1.82, 2.24) is 35.7 Å². The second kappa shape index (κ2) is 18.1. The lowest BCUT2D eigenvalue weighted by Crippen LogP contribution is -2.47. The predicted octanol–water partition coefficient (Wildman–Crippen LogP) is 7.89. The minimum atomic E-state index is -0.366. The Labute approximate surface area is 353 Å². The summed E-state index contributed by atoms with van der Waals surface area (Å²) in [7, 11) is 0. The van der Waals surface area contributed by atoms with E-state index in [1.54, 1.807) is 0 Å². The van der Waals surface area contributed by atoms with Gasteiger partial charge in [0.05, 0.1) is 23.9 Å². The lowest BCUT2D eigenvalue weighted by Gasteiger charge is -2.36. The highest BCUT2D eigenvalue weighted by Crippen LogP contribution is 2.33. The standard InChI is InChI=1S/C48H58N10O2/c1-9-10-40(47(60)52-29-59)42-27-49-37(24-31(42)3)17-18-57-19-21-58(22-20-57)38-14-11-34(12-15-38)36-25-41-44(55-56-46(41)50-26-36)35-13-16-39(30(2)23-35)32(4)53-33(5)45-51-28-43(54-45)48(6,7)8/h11-16,23-27,29,32,40,53H,5,9-10,17-22,28H2,1-4,6-8H3,(H,50,55,56)(H,52,59,60)/t32-,40?/m1/s1. The number of aryl methyl sites for hydroxylation is 2. The number of pyridine rings is 2. The number of hydrogen-bond donors (Lipinski definition) is 3. The number of nitrogens with one attached hydrogen (secondary N) is 3. The fourth-order valence-electron chi connectivity index (χ4n) is 8.28. The summed E-state index contributed by atoms with van der Waals surface area (Å²) in [5, 5.41) is 14.6. The topological polar surface area (TPSA) is 144 Å². The molecular weight excluding hydrogens is 749 g/mol. The van der Waals surface area contributed by atoms with Crippen LogP contribution in [0.4, 0.5) is 5.69 Å². The van der Waals surface area contributed by atoms with Crippen molar-refractivity contribution in [1.29, 1.82) is 0 Å². The van der Waals surface area contributed by atoms with Crippen LogP contribution >= 0.6 is 0 Å². The summed E-state index contributed by atoms with van der Waals surface area (Å²) < 4.78 is 0. The molecule has 7 rings (SSSR count). The fourth-order valence-corrected chi connectivity index (χ4v) is 8.28. The molecule has 5 heterocycles. The van der Waals surface area contributed by atoms with Crippen molar-refractivity contribution in [3.05, 3.63) is 107 Å². The Bertz CT molecular complexity index is 2430. The van der Waals surface area contributed by atoms with Gasteiger partial charge in [-0.25, -0.2) is 9.98 Å². The van der Waals surface area contributed by atoms with Gasteiger partial charge in [-0.1, -0.05) is 65.0 Å². The van der Waals surface area contributed by atoms with Crippen molar-refractivity contribution < 1.29 is 9.59 Å². The Morgan fingerprint density at radius 3 is 2.33 bits per heavy atom. The third kappa shape index (κ3) is 9.39. The Morgan fingerprint density at radius 2 is 1.67 bits per heavy atom. The molecule has 60 heavy (non-hydrogen) atoms. The molecule has 0 bridgehead atoms. The minimum absolute atomic E-state index is 0.0148. The average molecular weight is 807 g/mol. The van der Waals surface area contributed by atoms with Gasteiger partial charge < -0.3 is 10.2 Å². The molecule has 12 nitrogen and oxygen atoms in total. The maximum absolute atomic E-state index is 12.5. The second-order valence-corrected chi connectivity index (χ2v) is 17.2. The molecule has 12 heteroatoms. The Balaban J connectivity index is 0.948. The van der Waals surface area contributed by atoms with Crippen LogP contribution in [-0.2, 0) is 16.0 Å². The number of aliphatic imine (C=N–C) groups is 2. The van der Waals surface area contributed by atoms with Gasteiger partial charge >= 0.3 is 0 Å². The van der Waals surface area contributed by atoms with E-state index in [9.17, 15) is 9.59 Å². The van der Waals surface area contributed by atoms with Crippen molar-refractivity contribution in [3.8, 4) is 22.4 Å². The first-order valence-electron chi connectivity index (χ1n) is 21.1. The van der Waals surface area contributed by atoms with E-state index in [4.69, 9.17) is 15.0 Å². The van der Waals surface area contributed by atoms with E-state index in [-0.39, 0.29) is 23.3 Å². The molecule has 0 radical (unpaired) electrons. The number of piperazine rings is 1. The lowest BCUT2D eigenvalue weighted by molar-refractivity contribution is -0.126. The van der Waals surface area contributed by atoms with Crippen molar-refractivity contribution in [2.75, 3.05) is 44.2 Å². The summed E-state index contributed by atoms with van der Waals surface area (Å²) in [6, 6.07) is 19.6. The van der Waals surface area contributed by atoms with E-state index < -0.39 is 0 Å². The van der Waals surface area contributed by atoms with Crippen LogP contribution in [0.25, 0.3) is 33.4 Å². The number of amides is 2. The van der Waals surface area contributed by atoms with Gasteiger partial charge in [0, 0.05) is 96.6 Å². The van der Waals surface area contributed by atoms with Crippen molar-refractivity contribution in [2.24, 2.45) is 15.4 Å². The monoisotopic (exact) mass is 806 g/mol. The summed E-state index contributed by atoms with van der Waals surface area (Å²) in [4.78, 5) is 47.2. The minimum Gasteiger partial charge on any atom is -0.376 e. The van der Waals surface area contributed by atoms with Crippen LogP contribution in [0.2, 0.25) is 0 Å².